The number of hydrogen-bond donors (Lipinski definition) is 0. The summed E-state index contributed by atoms with van der Waals surface area (Å²) in [6.07, 6.45) is 2.09. The molecule has 0 aliphatic heterocycles. The molecule has 0 aliphatic carbocycles. The summed E-state index contributed by atoms with van der Waals surface area (Å²) in [5, 5.41) is 3.46. The molecule has 0 bridgehead atoms. The molecule has 1 nitrogen and oxygen atoms in total. The molecule has 3 aromatic rings. The van der Waals surface area contributed by atoms with Gasteiger partial charge in [0.2, 0.25) is 0 Å². The van der Waals surface area contributed by atoms with Crippen LogP contribution in [0.4, 0.5) is 0 Å². The van der Waals surface area contributed by atoms with Crippen LogP contribution in [0.15, 0.2) is 91.0 Å². The molecule has 0 fully saturated rings. The fraction of sp³-hybridized carbons (Fsp3) is 0.174. The fourth-order valence-corrected chi connectivity index (χ4v) is 9.85. The van der Waals surface area contributed by atoms with Gasteiger partial charge in [-0.25, -0.2) is 0 Å². The zero-order chi connectivity index (χ0) is 18.5. The van der Waals surface area contributed by atoms with Gasteiger partial charge >= 0.3 is 161 Å². The minimum atomic E-state index is -3.18. The third-order valence-electron chi connectivity index (χ3n) is 4.99. The predicted octanol–water partition coefficient (Wildman–Crippen LogP) is 5.04. The number of Topliss-reactive ketones (excluding diaryl/α,β-unsaturated/α-hetero) is 1. The van der Waals surface area contributed by atoms with Gasteiger partial charge in [0.25, 0.3) is 0 Å². The summed E-state index contributed by atoms with van der Waals surface area (Å²) in [5.74, 6) is -2.97. The second kappa shape index (κ2) is 7.74. The third kappa shape index (κ3) is 3.34. The van der Waals surface area contributed by atoms with Crippen LogP contribution >= 0.6 is 17.2 Å². The van der Waals surface area contributed by atoms with Gasteiger partial charge in [0.05, 0.1) is 0 Å². The normalized spacial score (nSPS) is 12.9. The molecule has 134 valence electrons. The number of benzene rings is 3. The standard InChI is InChI=1S/C23H24ClOP/c1-20(25)12-11-19-26(24,21-13-5-2-6-14-21,22-15-7-3-8-16-22)23-17-9-4-10-18-23/h2-10,13-18H,11-12,19H2,1H3. The van der Waals surface area contributed by atoms with Gasteiger partial charge in [-0.1, -0.05) is 0 Å². The topological polar surface area (TPSA) is 17.1 Å². The first-order valence-electron chi connectivity index (χ1n) is 8.95. The van der Waals surface area contributed by atoms with E-state index in [4.69, 9.17) is 11.2 Å². The van der Waals surface area contributed by atoms with E-state index in [1.54, 1.807) is 6.92 Å². The number of carbonyl (C=O) groups excluding carboxylic acids is 1. The van der Waals surface area contributed by atoms with Gasteiger partial charge in [-0.15, -0.1) is 0 Å². The van der Waals surface area contributed by atoms with Crippen LogP contribution < -0.4 is 15.9 Å². The molecule has 0 saturated carbocycles. The van der Waals surface area contributed by atoms with Gasteiger partial charge in [-0.2, -0.15) is 0 Å². The van der Waals surface area contributed by atoms with Gasteiger partial charge in [-0.05, 0) is 0 Å². The van der Waals surface area contributed by atoms with E-state index >= 15 is 0 Å². The van der Waals surface area contributed by atoms with Gasteiger partial charge < -0.3 is 0 Å². The van der Waals surface area contributed by atoms with Crippen LogP contribution in [0.5, 0.6) is 0 Å². The molecule has 0 radical (unpaired) electrons. The number of halogens is 1. The number of hydrogen-bond acceptors (Lipinski definition) is 1. The zero-order valence-electron chi connectivity index (χ0n) is 15.0. The molecule has 0 atom stereocenters. The van der Waals surface area contributed by atoms with Crippen molar-refractivity contribution in [3.8, 4) is 0 Å². The van der Waals surface area contributed by atoms with E-state index < -0.39 is 5.96 Å². The number of ketones is 1. The molecule has 3 heteroatoms. The monoisotopic (exact) mass is 382 g/mol. The maximum atomic E-state index is 11.6. The van der Waals surface area contributed by atoms with Crippen molar-refractivity contribution in [3.63, 3.8) is 0 Å². The molecule has 0 saturated heterocycles. The van der Waals surface area contributed by atoms with Gasteiger partial charge in [0.15, 0.2) is 0 Å². The van der Waals surface area contributed by atoms with Crippen molar-refractivity contribution in [2.75, 3.05) is 6.16 Å². The molecule has 3 aromatic carbocycles. The molecule has 0 aromatic heterocycles. The van der Waals surface area contributed by atoms with Crippen LogP contribution in [-0.4, -0.2) is 11.9 Å². The predicted molar refractivity (Wildman–Crippen MR) is 116 cm³/mol. The Morgan fingerprint density at radius 2 is 1.08 bits per heavy atom. The van der Waals surface area contributed by atoms with Crippen LogP contribution in [0.1, 0.15) is 19.8 Å². The maximum absolute atomic E-state index is 11.6. The SMILES string of the molecule is CC(=O)CCCP(Cl)(c1ccccc1)(c1ccccc1)c1ccccc1. The van der Waals surface area contributed by atoms with Gasteiger partial charge in [0, 0.05) is 0 Å². The first kappa shape index (κ1) is 18.8. The molecule has 0 heterocycles. The zero-order valence-corrected chi connectivity index (χ0v) is 16.7. The first-order chi connectivity index (χ1) is 12.6. The van der Waals surface area contributed by atoms with E-state index in [2.05, 4.69) is 72.8 Å². The van der Waals surface area contributed by atoms with E-state index in [-0.39, 0.29) is 5.78 Å². The molecule has 26 heavy (non-hydrogen) atoms. The van der Waals surface area contributed by atoms with E-state index in [1.807, 2.05) is 18.2 Å². The van der Waals surface area contributed by atoms with E-state index in [0.717, 1.165) is 28.5 Å². The summed E-state index contributed by atoms with van der Waals surface area (Å²) in [5.41, 5.74) is 0. The Balaban J connectivity index is 2.29. The second-order valence-corrected chi connectivity index (χ2v) is 13.3. The Bertz CT molecular complexity index is 763. The van der Waals surface area contributed by atoms with Crippen molar-refractivity contribution in [1.82, 2.24) is 0 Å². The fourth-order valence-electron chi connectivity index (χ4n) is 3.68. The van der Waals surface area contributed by atoms with Crippen LogP contribution in [0.2, 0.25) is 0 Å². The summed E-state index contributed by atoms with van der Waals surface area (Å²) < 4.78 is 0. The Labute approximate surface area is 160 Å². The van der Waals surface area contributed by atoms with Crippen LogP contribution in [0.3, 0.4) is 0 Å². The summed E-state index contributed by atoms with van der Waals surface area (Å²) in [4.78, 5) is 11.6. The van der Waals surface area contributed by atoms with Crippen molar-refractivity contribution < 1.29 is 4.79 Å². The van der Waals surface area contributed by atoms with Crippen molar-refractivity contribution in [1.29, 1.82) is 0 Å². The summed E-state index contributed by atoms with van der Waals surface area (Å²) >= 11 is 7.88. The second-order valence-electron chi connectivity index (χ2n) is 6.72. The summed E-state index contributed by atoms with van der Waals surface area (Å²) in [6, 6.07) is 31.2. The quantitative estimate of drug-likeness (QED) is 0.523. The average Bonchev–Trinajstić information content (AvgIpc) is 2.70. The van der Waals surface area contributed by atoms with Crippen molar-refractivity contribution in [3.05, 3.63) is 91.0 Å². The molecule has 3 rings (SSSR count). The Morgan fingerprint density at radius 1 is 0.731 bits per heavy atom. The van der Waals surface area contributed by atoms with E-state index in [0.29, 0.717) is 6.42 Å². The average molecular weight is 383 g/mol. The molecule has 0 aliphatic rings. The van der Waals surface area contributed by atoms with Crippen LogP contribution in [-0.2, 0) is 4.79 Å². The summed E-state index contributed by atoms with van der Waals surface area (Å²) in [7, 11) is 0. The van der Waals surface area contributed by atoms with E-state index in [9.17, 15) is 4.79 Å². The summed E-state index contributed by atoms with van der Waals surface area (Å²) in [6.45, 7) is 1.65. The Hall–Kier alpha value is -1.95. The molecule has 0 N–H and O–H groups in total. The van der Waals surface area contributed by atoms with Crippen molar-refractivity contribution >= 4 is 38.9 Å². The van der Waals surface area contributed by atoms with Crippen LogP contribution in [0, 0.1) is 0 Å². The molecule has 0 amide bonds. The Morgan fingerprint density at radius 3 is 1.38 bits per heavy atom. The Kier molecular flexibility index (Phi) is 5.61. The van der Waals surface area contributed by atoms with E-state index in [1.165, 1.54) is 0 Å². The van der Waals surface area contributed by atoms with Gasteiger partial charge in [0.1, 0.15) is 0 Å². The molecule has 0 spiro atoms. The molecular formula is C23H24ClOP. The number of rotatable bonds is 7. The minimum absolute atomic E-state index is 0.209. The number of carbonyl (C=O) groups is 1. The first-order valence-corrected chi connectivity index (χ1v) is 12.3. The molecular weight excluding hydrogens is 359 g/mol. The molecule has 0 unspecified atom stereocenters. The van der Waals surface area contributed by atoms with Gasteiger partial charge in [-0.3, -0.25) is 0 Å². The van der Waals surface area contributed by atoms with Crippen molar-refractivity contribution in [2.24, 2.45) is 0 Å². The third-order valence-corrected chi connectivity index (χ3v) is 12.5. The van der Waals surface area contributed by atoms with Crippen molar-refractivity contribution in [2.45, 2.75) is 19.8 Å². The van der Waals surface area contributed by atoms with Crippen LogP contribution in [0.25, 0.3) is 0 Å².